The van der Waals surface area contributed by atoms with Gasteiger partial charge in [-0.3, -0.25) is 9.88 Å². The molecule has 4 rings (SSSR count). The molecule has 6 heteroatoms. The Morgan fingerprint density at radius 3 is 2.53 bits per heavy atom. The van der Waals surface area contributed by atoms with Gasteiger partial charge in [0.1, 0.15) is 0 Å². The molecule has 6 nitrogen and oxygen atoms in total. The molecule has 2 aromatic rings. The molecule has 0 aliphatic carbocycles. The average molecular weight is 436 g/mol. The van der Waals surface area contributed by atoms with Crippen molar-refractivity contribution < 1.29 is 4.79 Å². The molecule has 0 bridgehead atoms. The number of urea groups is 1. The molecular formula is C26H37N5O. The van der Waals surface area contributed by atoms with E-state index in [1.165, 1.54) is 18.4 Å². The summed E-state index contributed by atoms with van der Waals surface area (Å²) in [5.41, 5.74) is 3.56. The third kappa shape index (κ3) is 6.00. The number of pyridine rings is 1. The quantitative estimate of drug-likeness (QED) is 0.747. The van der Waals surface area contributed by atoms with Crippen molar-refractivity contribution in [2.24, 2.45) is 5.92 Å². The second-order valence-corrected chi connectivity index (χ2v) is 9.37. The van der Waals surface area contributed by atoms with Crippen molar-refractivity contribution in [1.29, 1.82) is 0 Å². The number of piperazine rings is 1. The van der Waals surface area contributed by atoms with Gasteiger partial charge in [-0.25, -0.2) is 4.79 Å². The first-order valence-electron chi connectivity index (χ1n) is 12.1. The van der Waals surface area contributed by atoms with E-state index >= 15 is 0 Å². The molecule has 0 unspecified atom stereocenters. The summed E-state index contributed by atoms with van der Waals surface area (Å²) in [6.45, 7) is 10.7. The zero-order chi connectivity index (χ0) is 22.3. The smallest absolute Gasteiger partial charge is 0.317 e. The van der Waals surface area contributed by atoms with Crippen LogP contribution in [0, 0.1) is 12.8 Å². The van der Waals surface area contributed by atoms with Crippen molar-refractivity contribution in [2.45, 2.75) is 45.7 Å². The molecule has 2 amide bonds. The number of nitrogens with one attached hydrogen (secondary N) is 1. The first kappa shape index (κ1) is 22.6. The first-order chi connectivity index (χ1) is 15.6. The van der Waals surface area contributed by atoms with Crippen molar-refractivity contribution in [3.63, 3.8) is 0 Å². The Labute approximate surface area is 192 Å². The zero-order valence-corrected chi connectivity index (χ0v) is 19.5. The van der Waals surface area contributed by atoms with Crippen molar-refractivity contribution in [3.8, 4) is 0 Å². The van der Waals surface area contributed by atoms with Crippen LogP contribution in [0.1, 0.15) is 37.4 Å². The number of carbonyl (C=O) groups excluding carboxylic acids is 1. The number of hydrogen-bond donors (Lipinski definition) is 1. The summed E-state index contributed by atoms with van der Waals surface area (Å²) in [6, 6.07) is 15.2. The predicted molar refractivity (Wildman–Crippen MR) is 130 cm³/mol. The van der Waals surface area contributed by atoms with Gasteiger partial charge < -0.3 is 15.1 Å². The third-order valence-corrected chi connectivity index (χ3v) is 6.93. The monoisotopic (exact) mass is 435 g/mol. The summed E-state index contributed by atoms with van der Waals surface area (Å²) in [6.07, 6.45) is 5.46. The molecule has 0 saturated carbocycles. The minimum Gasteiger partial charge on any atom is -0.366 e. The van der Waals surface area contributed by atoms with E-state index in [0.29, 0.717) is 5.92 Å². The fraction of sp³-hybridized carbons (Fsp3) is 0.538. The van der Waals surface area contributed by atoms with Crippen molar-refractivity contribution in [3.05, 3.63) is 59.9 Å². The van der Waals surface area contributed by atoms with Gasteiger partial charge in [0.05, 0.1) is 11.9 Å². The van der Waals surface area contributed by atoms with Crippen LogP contribution in [0.25, 0.3) is 0 Å². The summed E-state index contributed by atoms with van der Waals surface area (Å²) in [4.78, 5) is 24.0. The van der Waals surface area contributed by atoms with Crippen LogP contribution in [0.4, 0.5) is 10.5 Å². The molecule has 2 aliphatic rings. The molecule has 1 aromatic carbocycles. The van der Waals surface area contributed by atoms with Crippen LogP contribution in [0.2, 0.25) is 0 Å². The number of amides is 2. The minimum atomic E-state index is 0.0840. The largest absolute Gasteiger partial charge is 0.366 e. The summed E-state index contributed by atoms with van der Waals surface area (Å²) in [5.74, 6) is 0.714. The lowest BCUT2D eigenvalue weighted by Gasteiger charge is -2.40. The molecular weight excluding hydrogens is 398 g/mol. The molecule has 172 valence electrons. The number of likely N-dealkylation sites (tertiary alicyclic amines) is 1. The van der Waals surface area contributed by atoms with Crippen LogP contribution in [0.3, 0.4) is 0 Å². The summed E-state index contributed by atoms with van der Waals surface area (Å²) < 4.78 is 0. The molecule has 0 spiro atoms. The number of carbonyl (C=O) groups is 1. The maximum absolute atomic E-state index is 12.8. The Morgan fingerprint density at radius 1 is 1.06 bits per heavy atom. The van der Waals surface area contributed by atoms with Crippen LogP contribution in [-0.4, -0.2) is 66.1 Å². The third-order valence-electron chi connectivity index (χ3n) is 6.93. The number of aromatic nitrogens is 1. The summed E-state index contributed by atoms with van der Waals surface area (Å²) in [7, 11) is 0. The lowest BCUT2D eigenvalue weighted by atomic mass is 9.93. The minimum absolute atomic E-state index is 0.0840. The van der Waals surface area contributed by atoms with Crippen LogP contribution in [0.15, 0.2) is 48.7 Å². The second-order valence-electron chi connectivity index (χ2n) is 9.37. The van der Waals surface area contributed by atoms with E-state index in [1.54, 1.807) is 0 Å². The maximum atomic E-state index is 12.8. The zero-order valence-electron chi connectivity index (χ0n) is 19.5. The van der Waals surface area contributed by atoms with Gasteiger partial charge in [-0.1, -0.05) is 30.3 Å². The Balaban J connectivity index is 1.14. The number of nitrogens with zero attached hydrogens (tertiary/aromatic N) is 4. The van der Waals surface area contributed by atoms with Crippen molar-refractivity contribution >= 4 is 11.7 Å². The molecule has 2 aliphatic heterocycles. The molecule has 1 aromatic heterocycles. The van der Waals surface area contributed by atoms with Gasteiger partial charge in [0.25, 0.3) is 0 Å². The number of piperidine rings is 1. The number of benzene rings is 1. The van der Waals surface area contributed by atoms with E-state index in [4.69, 9.17) is 0 Å². The molecule has 0 radical (unpaired) electrons. The second kappa shape index (κ2) is 10.8. The van der Waals surface area contributed by atoms with Crippen LogP contribution in [0.5, 0.6) is 0 Å². The Kier molecular flexibility index (Phi) is 7.63. The standard InChI is InChI=1S/C26H37N5O/c1-21-8-9-25(18-28-21)30-16-17-31(22(2)19-30)26(32)27-13-10-23-11-14-29(15-12-23)20-24-6-4-3-5-7-24/h3-9,18,22-23H,10-17,19-20H2,1-2H3,(H,27,32)/t22-/m1/s1. The van der Waals surface area contributed by atoms with E-state index in [-0.39, 0.29) is 12.1 Å². The van der Waals surface area contributed by atoms with E-state index in [1.807, 2.05) is 24.1 Å². The first-order valence-corrected chi connectivity index (χ1v) is 12.1. The van der Waals surface area contributed by atoms with Gasteiger partial charge in [-0.2, -0.15) is 0 Å². The fourth-order valence-electron chi connectivity index (χ4n) is 4.90. The number of hydrogen-bond acceptors (Lipinski definition) is 4. The Hall–Kier alpha value is -2.60. The number of anilines is 1. The van der Waals surface area contributed by atoms with Gasteiger partial charge in [0, 0.05) is 44.5 Å². The van der Waals surface area contributed by atoms with Crippen molar-refractivity contribution in [2.75, 3.05) is 44.2 Å². The highest BCUT2D eigenvalue weighted by atomic mass is 16.2. The molecule has 3 heterocycles. The van der Waals surface area contributed by atoms with E-state index < -0.39 is 0 Å². The molecule has 2 saturated heterocycles. The van der Waals surface area contributed by atoms with Gasteiger partial charge in [-0.05, 0) is 69.8 Å². The molecule has 1 N–H and O–H groups in total. The number of rotatable bonds is 6. The fourth-order valence-corrected chi connectivity index (χ4v) is 4.90. The van der Waals surface area contributed by atoms with E-state index in [2.05, 4.69) is 63.4 Å². The van der Waals surface area contributed by atoms with Crippen LogP contribution in [-0.2, 0) is 6.54 Å². The molecule has 2 fully saturated rings. The SMILES string of the molecule is Cc1ccc(N2CCN(C(=O)NCCC3CCN(Cc4ccccc4)CC3)[C@H](C)C2)cn1. The van der Waals surface area contributed by atoms with Crippen LogP contribution < -0.4 is 10.2 Å². The van der Waals surface area contributed by atoms with Gasteiger partial charge in [0.2, 0.25) is 0 Å². The maximum Gasteiger partial charge on any atom is 0.317 e. The van der Waals surface area contributed by atoms with Gasteiger partial charge in [0.15, 0.2) is 0 Å². The lowest BCUT2D eigenvalue weighted by molar-refractivity contribution is 0.162. The molecule has 1 atom stereocenters. The highest BCUT2D eigenvalue weighted by molar-refractivity contribution is 5.75. The predicted octanol–water partition coefficient (Wildman–Crippen LogP) is 3.91. The topological polar surface area (TPSA) is 51.7 Å². The summed E-state index contributed by atoms with van der Waals surface area (Å²) >= 11 is 0. The number of aryl methyl sites for hydroxylation is 1. The van der Waals surface area contributed by atoms with Crippen LogP contribution >= 0.6 is 0 Å². The highest BCUT2D eigenvalue weighted by Crippen LogP contribution is 2.22. The van der Waals surface area contributed by atoms with Crippen molar-refractivity contribution in [1.82, 2.24) is 20.1 Å². The van der Waals surface area contributed by atoms with E-state index in [9.17, 15) is 4.79 Å². The Morgan fingerprint density at radius 2 is 1.84 bits per heavy atom. The lowest BCUT2D eigenvalue weighted by Crippen LogP contribution is -2.56. The summed E-state index contributed by atoms with van der Waals surface area (Å²) in [5, 5.41) is 3.19. The van der Waals surface area contributed by atoms with Gasteiger partial charge >= 0.3 is 6.03 Å². The highest BCUT2D eigenvalue weighted by Gasteiger charge is 2.28. The molecule has 32 heavy (non-hydrogen) atoms. The van der Waals surface area contributed by atoms with E-state index in [0.717, 1.165) is 63.6 Å². The Bertz CT molecular complexity index is 848. The van der Waals surface area contributed by atoms with Gasteiger partial charge in [-0.15, -0.1) is 0 Å². The average Bonchev–Trinajstić information content (AvgIpc) is 2.81. The normalized spacial score (nSPS) is 20.4.